The van der Waals surface area contributed by atoms with Crippen LogP contribution in [0.25, 0.3) is 12.2 Å². The van der Waals surface area contributed by atoms with Crippen molar-refractivity contribution in [2.45, 2.75) is 42.1 Å². The van der Waals surface area contributed by atoms with Crippen LogP contribution < -0.4 is 69.2 Å². The second-order valence-corrected chi connectivity index (χ2v) is 11.2. The number of ether oxygens (including phenoxy) is 1. The molecular weight excluding hydrogens is 548 g/mol. The number of hydrogen-bond acceptors (Lipinski definition) is 8. The van der Waals surface area contributed by atoms with Crippen molar-refractivity contribution in [2.24, 2.45) is 0 Å². The molecule has 0 aromatic heterocycles. The molecule has 1 atom stereocenters. The predicted molar refractivity (Wildman–Crippen MR) is 133 cm³/mol. The van der Waals surface area contributed by atoms with Crippen LogP contribution in [0.2, 0.25) is 0 Å². The van der Waals surface area contributed by atoms with Crippen molar-refractivity contribution >= 4 is 32.4 Å². The summed E-state index contributed by atoms with van der Waals surface area (Å²) in [6.45, 7) is 3.51. The molecule has 0 spiro atoms. The number of rotatable bonds is 9. The minimum Gasteiger partial charge on any atom is -0.744 e. The van der Waals surface area contributed by atoms with Crippen molar-refractivity contribution in [3.63, 3.8) is 0 Å². The van der Waals surface area contributed by atoms with Gasteiger partial charge < -0.3 is 19.2 Å². The zero-order valence-corrected chi connectivity index (χ0v) is 27.1. The van der Waals surface area contributed by atoms with Gasteiger partial charge in [0.05, 0.1) is 22.4 Å². The molecule has 38 heavy (non-hydrogen) atoms. The zero-order chi connectivity index (χ0) is 25.9. The van der Waals surface area contributed by atoms with Crippen molar-refractivity contribution in [2.75, 3.05) is 6.61 Å². The van der Waals surface area contributed by atoms with E-state index in [0.29, 0.717) is 12.7 Å². The Hall–Kier alpha value is -1.02. The summed E-state index contributed by atoms with van der Waals surface area (Å²) < 4.78 is 74.6. The van der Waals surface area contributed by atoms with Gasteiger partial charge in [0.2, 0.25) is 0 Å². The molecule has 4 rings (SSSR count). The first-order chi connectivity index (χ1) is 17.1. The first kappa shape index (κ1) is 33.2. The summed E-state index contributed by atoms with van der Waals surface area (Å²) in [6, 6.07) is 16.3. The molecule has 0 bridgehead atoms. The maximum atomic E-state index is 11.6. The van der Waals surface area contributed by atoms with Crippen molar-refractivity contribution in [1.82, 2.24) is 5.32 Å². The van der Waals surface area contributed by atoms with E-state index in [1.54, 1.807) is 6.08 Å². The summed E-state index contributed by atoms with van der Waals surface area (Å²) in [7, 11) is -9.91. The van der Waals surface area contributed by atoms with E-state index in [1.807, 2.05) is 36.4 Å². The molecule has 0 amide bonds. The van der Waals surface area contributed by atoms with Gasteiger partial charge in [-0.1, -0.05) is 68.0 Å². The third kappa shape index (κ3) is 8.02. The molecule has 1 aliphatic heterocycles. The number of unbranched alkanes of at least 4 members (excludes halogenated alkanes) is 1. The Morgan fingerprint density at radius 1 is 0.947 bits per heavy atom. The van der Waals surface area contributed by atoms with Gasteiger partial charge in [-0.2, -0.15) is 0 Å². The largest absolute Gasteiger partial charge is 1.00 e. The summed E-state index contributed by atoms with van der Waals surface area (Å²) in [4.78, 5) is -1.55. The topological polar surface area (TPSA) is 136 Å². The number of benzene rings is 3. The Labute approximate surface area is 268 Å². The number of hydrogen-bond donors (Lipinski definition) is 1. The minimum atomic E-state index is -5.00. The van der Waals surface area contributed by atoms with E-state index in [4.69, 9.17) is 4.74 Å². The van der Waals surface area contributed by atoms with Crippen LogP contribution in [0.3, 0.4) is 0 Å². The third-order valence-corrected chi connectivity index (χ3v) is 7.69. The van der Waals surface area contributed by atoms with Gasteiger partial charge in [0.1, 0.15) is 26.0 Å². The van der Waals surface area contributed by atoms with Crippen LogP contribution in [0.4, 0.5) is 0 Å². The maximum Gasteiger partial charge on any atom is 1.00 e. The molecule has 0 saturated carbocycles. The zero-order valence-electron chi connectivity index (χ0n) is 21.5. The normalized spacial score (nSPS) is 15.0. The first-order valence-corrected chi connectivity index (χ1v) is 14.2. The summed E-state index contributed by atoms with van der Waals surface area (Å²) in [6.07, 6.45) is 5.03. The van der Waals surface area contributed by atoms with Crippen molar-refractivity contribution in [3.05, 3.63) is 88.5 Å². The van der Waals surface area contributed by atoms with E-state index in [2.05, 4.69) is 18.3 Å². The second-order valence-electron chi connectivity index (χ2n) is 8.45. The molecule has 0 radical (unpaired) electrons. The molecule has 0 aliphatic carbocycles. The van der Waals surface area contributed by atoms with Crippen molar-refractivity contribution in [1.29, 1.82) is 0 Å². The molecule has 8 nitrogen and oxygen atoms in total. The Bertz CT molecular complexity index is 1510. The molecule has 3 aromatic rings. The Kier molecular flexibility index (Phi) is 12.3. The van der Waals surface area contributed by atoms with Crippen LogP contribution in [-0.2, 0) is 26.8 Å². The molecule has 12 heteroatoms. The molecule has 1 heterocycles. The third-order valence-electron chi connectivity index (χ3n) is 5.97. The molecule has 0 fully saturated rings. The summed E-state index contributed by atoms with van der Waals surface area (Å²) >= 11 is 0. The van der Waals surface area contributed by atoms with E-state index < -0.39 is 30.0 Å². The standard InChI is InChI=1S/C26H27NO7S2.2Na/c1-2-3-15-34-23-6-4-5-21-17-27-26(25(21)23)20-11-8-18(9-12-20)7-10-19-13-14-22(35(28,29)30)16-24(19)36(31,32)33;;/h4-14,16,26-27H,2-3,15,17H2,1H3,(H,28,29,30)(H,31,32,33);;/q;2*+1/p-2. The van der Waals surface area contributed by atoms with Gasteiger partial charge in [-0.3, -0.25) is 0 Å². The van der Waals surface area contributed by atoms with Gasteiger partial charge in [-0.15, -0.1) is 0 Å². The van der Waals surface area contributed by atoms with E-state index in [-0.39, 0.29) is 70.7 Å². The number of fused-ring (bicyclic) bond motifs is 1. The Balaban J connectivity index is 0.00000253. The summed E-state index contributed by atoms with van der Waals surface area (Å²) in [5.41, 5.74) is 4.06. The van der Waals surface area contributed by atoms with Gasteiger partial charge in [0, 0.05) is 12.1 Å². The van der Waals surface area contributed by atoms with E-state index in [9.17, 15) is 25.9 Å². The van der Waals surface area contributed by atoms with Crippen molar-refractivity contribution < 1.29 is 89.8 Å². The molecule has 1 unspecified atom stereocenters. The van der Waals surface area contributed by atoms with Crippen LogP contribution >= 0.6 is 0 Å². The quantitative estimate of drug-likeness (QED) is 0.135. The molecule has 1 aliphatic rings. The molecule has 1 N–H and O–H groups in total. The van der Waals surface area contributed by atoms with E-state index >= 15 is 0 Å². The predicted octanol–water partition coefficient (Wildman–Crippen LogP) is -1.96. The fraction of sp³-hybridized carbons (Fsp3) is 0.231. The Morgan fingerprint density at radius 3 is 2.29 bits per heavy atom. The van der Waals surface area contributed by atoms with Gasteiger partial charge in [-0.25, -0.2) is 16.8 Å². The smallest absolute Gasteiger partial charge is 0.744 e. The van der Waals surface area contributed by atoms with Gasteiger partial charge >= 0.3 is 59.1 Å². The molecule has 0 saturated heterocycles. The molecular formula is C26H25NNa2O7S2. The van der Waals surface area contributed by atoms with Gasteiger partial charge in [0.15, 0.2) is 0 Å². The SMILES string of the molecule is CCCCOc1cccc2c1C(c1ccc(C=Cc3ccc(S(=O)(=O)[O-])cc3S(=O)(=O)[O-])cc1)NC2.[Na+].[Na+]. The van der Waals surface area contributed by atoms with Crippen molar-refractivity contribution in [3.8, 4) is 5.75 Å². The van der Waals surface area contributed by atoms with Gasteiger partial charge in [-0.05, 0) is 46.9 Å². The molecule has 3 aromatic carbocycles. The molecule has 190 valence electrons. The van der Waals surface area contributed by atoms with Crippen LogP contribution in [0.1, 0.15) is 53.6 Å². The second kappa shape index (κ2) is 14.0. The van der Waals surface area contributed by atoms with E-state index in [1.165, 1.54) is 11.6 Å². The number of nitrogens with one attached hydrogen (secondary N) is 1. The summed E-state index contributed by atoms with van der Waals surface area (Å²) in [5.74, 6) is 0.870. The van der Waals surface area contributed by atoms with Crippen LogP contribution in [0.5, 0.6) is 5.75 Å². The minimum absolute atomic E-state index is 0. The fourth-order valence-electron chi connectivity index (χ4n) is 4.13. The Morgan fingerprint density at radius 2 is 1.66 bits per heavy atom. The van der Waals surface area contributed by atoms with Crippen LogP contribution in [-0.4, -0.2) is 32.5 Å². The van der Waals surface area contributed by atoms with Gasteiger partial charge in [0.25, 0.3) is 0 Å². The average Bonchev–Trinajstić information content (AvgIpc) is 3.27. The monoisotopic (exact) mass is 573 g/mol. The summed E-state index contributed by atoms with van der Waals surface area (Å²) in [5, 5.41) is 3.51. The van der Waals surface area contributed by atoms with E-state index in [0.717, 1.165) is 54.0 Å². The van der Waals surface area contributed by atoms with Crippen LogP contribution in [0.15, 0.2) is 70.5 Å². The fourth-order valence-corrected chi connectivity index (χ4v) is 5.40. The first-order valence-electron chi connectivity index (χ1n) is 11.4. The van der Waals surface area contributed by atoms with Crippen LogP contribution in [0, 0.1) is 0 Å². The maximum absolute atomic E-state index is 11.6. The average molecular weight is 574 g/mol.